The number of carbonyl (C=O) groups is 1. The highest BCUT2D eigenvalue weighted by Crippen LogP contribution is 2.51. The number of aromatic nitrogens is 6. The summed E-state index contributed by atoms with van der Waals surface area (Å²) in [5.74, 6) is 0.143. The molecule has 3 unspecified atom stereocenters. The van der Waals surface area contributed by atoms with Crippen LogP contribution >= 0.6 is 0 Å². The van der Waals surface area contributed by atoms with Crippen molar-refractivity contribution >= 4 is 17.1 Å². The Kier molecular flexibility index (Phi) is 8.00. The molecule has 2 N–H and O–H groups in total. The molecule has 1 aromatic carbocycles. The summed E-state index contributed by atoms with van der Waals surface area (Å²) in [5, 5.41) is 17.6. The van der Waals surface area contributed by atoms with Gasteiger partial charge in [-0.25, -0.2) is 19.4 Å². The summed E-state index contributed by atoms with van der Waals surface area (Å²) in [6.07, 6.45) is 6.90. The zero-order chi connectivity index (χ0) is 30.2. The molecule has 1 amide bonds. The Morgan fingerprint density at radius 3 is 2.64 bits per heavy atom. The SMILES string of the molecule is Cn1c(=O)n(CC(C)(C)C)c2ccc(C3CCC(C)(C)C(C(CCNC(=O)c4ccccc4O)n4cncn4)C3)nc21. The van der Waals surface area contributed by atoms with E-state index in [1.807, 2.05) is 9.25 Å². The molecule has 0 radical (unpaired) electrons. The molecule has 0 saturated heterocycles. The van der Waals surface area contributed by atoms with E-state index < -0.39 is 0 Å². The third kappa shape index (κ3) is 5.98. The third-order valence-corrected chi connectivity index (χ3v) is 8.85. The lowest BCUT2D eigenvalue weighted by Gasteiger charge is -2.46. The Balaban J connectivity index is 1.39. The van der Waals surface area contributed by atoms with Crippen LogP contribution in [0.25, 0.3) is 11.2 Å². The van der Waals surface area contributed by atoms with E-state index in [-0.39, 0.29) is 51.6 Å². The summed E-state index contributed by atoms with van der Waals surface area (Å²) in [5.41, 5.74) is 2.83. The lowest BCUT2D eigenvalue weighted by atomic mass is 9.62. The summed E-state index contributed by atoms with van der Waals surface area (Å²) >= 11 is 0. The van der Waals surface area contributed by atoms with Gasteiger partial charge in [0.15, 0.2) is 5.65 Å². The minimum absolute atomic E-state index is 0.0101. The van der Waals surface area contributed by atoms with E-state index in [0.29, 0.717) is 19.5 Å². The largest absolute Gasteiger partial charge is 0.507 e. The number of hydrogen-bond donors (Lipinski definition) is 2. The summed E-state index contributed by atoms with van der Waals surface area (Å²) in [7, 11) is 1.80. The second kappa shape index (κ2) is 11.4. The van der Waals surface area contributed by atoms with Gasteiger partial charge in [-0.3, -0.25) is 13.9 Å². The number of hydrogen-bond acceptors (Lipinski definition) is 6. The van der Waals surface area contributed by atoms with Crippen molar-refractivity contribution in [2.75, 3.05) is 6.54 Å². The van der Waals surface area contributed by atoms with Crippen molar-refractivity contribution in [2.45, 2.75) is 78.8 Å². The third-order valence-electron chi connectivity index (χ3n) is 8.85. The Labute approximate surface area is 246 Å². The lowest BCUT2D eigenvalue weighted by molar-refractivity contribution is 0.0630. The molecule has 3 aromatic heterocycles. The number of fused-ring (bicyclic) bond motifs is 1. The van der Waals surface area contributed by atoms with E-state index >= 15 is 0 Å². The Morgan fingerprint density at radius 2 is 1.95 bits per heavy atom. The van der Waals surface area contributed by atoms with E-state index in [2.05, 4.69) is 62.2 Å². The first kappa shape index (κ1) is 29.5. The fraction of sp³-hybridized carbons (Fsp3) is 0.531. The standard InChI is InChI=1S/C32H43N7O3/c1-31(2,3)18-38-26-12-11-24(36-28(26)37(6)30(38)42)21-13-15-32(4,5)23(17-21)25(39-20-33-19-35-39)14-16-34-29(41)22-9-7-8-10-27(22)40/h7-12,19-21,23,25,40H,13-18H2,1-6H3,(H,34,41). The number of pyridine rings is 1. The van der Waals surface area contributed by atoms with Gasteiger partial charge in [-0.15, -0.1) is 0 Å². The number of rotatable bonds is 8. The van der Waals surface area contributed by atoms with Gasteiger partial charge in [0, 0.05) is 31.7 Å². The van der Waals surface area contributed by atoms with Gasteiger partial charge in [0.2, 0.25) is 0 Å². The normalized spacial score (nSPS) is 19.6. The number of nitrogens with zero attached hydrogens (tertiary/aromatic N) is 6. The molecule has 0 spiro atoms. The van der Waals surface area contributed by atoms with Gasteiger partial charge in [-0.2, -0.15) is 5.10 Å². The number of phenols is 1. The quantitative estimate of drug-likeness (QED) is 0.304. The number of amides is 1. The van der Waals surface area contributed by atoms with E-state index in [0.717, 1.165) is 36.1 Å². The van der Waals surface area contributed by atoms with Crippen LogP contribution in [-0.4, -0.2) is 46.4 Å². The first-order valence-corrected chi connectivity index (χ1v) is 14.8. The predicted octanol–water partition coefficient (Wildman–Crippen LogP) is 5.05. The smallest absolute Gasteiger partial charge is 0.330 e. The lowest BCUT2D eigenvalue weighted by Crippen LogP contribution is -2.39. The summed E-state index contributed by atoms with van der Waals surface area (Å²) in [6, 6.07) is 10.7. The first-order valence-electron chi connectivity index (χ1n) is 14.8. The van der Waals surface area contributed by atoms with Crippen LogP contribution in [0, 0.1) is 16.7 Å². The molecule has 42 heavy (non-hydrogen) atoms. The number of para-hydroxylation sites is 1. The van der Waals surface area contributed by atoms with E-state index in [9.17, 15) is 14.7 Å². The summed E-state index contributed by atoms with van der Waals surface area (Å²) in [4.78, 5) is 35.2. The summed E-state index contributed by atoms with van der Waals surface area (Å²) in [6.45, 7) is 12.1. The van der Waals surface area contributed by atoms with Gasteiger partial charge in [0.05, 0.1) is 17.1 Å². The van der Waals surface area contributed by atoms with Crippen LogP contribution in [0.3, 0.4) is 0 Å². The minimum Gasteiger partial charge on any atom is -0.507 e. The van der Waals surface area contributed by atoms with E-state index in [1.54, 1.807) is 42.5 Å². The van der Waals surface area contributed by atoms with Crippen molar-refractivity contribution in [3.63, 3.8) is 0 Å². The van der Waals surface area contributed by atoms with Gasteiger partial charge in [-0.05, 0) is 66.7 Å². The molecule has 0 aliphatic heterocycles. The van der Waals surface area contributed by atoms with Crippen molar-refractivity contribution in [3.05, 3.63) is 70.8 Å². The van der Waals surface area contributed by atoms with Crippen LogP contribution in [0.15, 0.2) is 53.8 Å². The molecule has 1 aliphatic carbocycles. The molecule has 5 rings (SSSR count). The second-order valence-electron chi connectivity index (χ2n) is 13.6. The van der Waals surface area contributed by atoms with Crippen LogP contribution < -0.4 is 11.0 Å². The van der Waals surface area contributed by atoms with Crippen LogP contribution in [0.4, 0.5) is 0 Å². The molecule has 4 aromatic rings. The highest BCUT2D eigenvalue weighted by Gasteiger charge is 2.42. The topological polar surface area (TPSA) is 120 Å². The molecule has 1 aliphatic rings. The maximum atomic E-state index is 13.1. The van der Waals surface area contributed by atoms with Crippen LogP contribution in [0.2, 0.25) is 0 Å². The van der Waals surface area contributed by atoms with E-state index in [4.69, 9.17) is 4.98 Å². The minimum atomic E-state index is -0.298. The predicted molar refractivity (Wildman–Crippen MR) is 162 cm³/mol. The highest BCUT2D eigenvalue weighted by atomic mass is 16.3. The average Bonchev–Trinajstić information content (AvgIpc) is 3.54. The maximum absolute atomic E-state index is 13.1. The number of nitrogens with one attached hydrogen (secondary N) is 1. The van der Waals surface area contributed by atoms with Gasteiger partial charge in [0.1, 0.15) is 18.4 Å². The molecule has 10 nitrogen and oxygen atoms in total. The molecule has 10 heteroatoms. The van der Waals surface area contributed by atoms with E-state index in [1.165, 1.54) is 6.07 Å². The van der Waals surface area contributed by atoms with Crippen LogP contribution in [-0.2, 0) is 13.6 Å². The van der Waals surface area contributed by atoms with Crippen molar-refractivity contribution in [1.82, 2.24) is 34.2 Å². The molecular weight excluding hydrogens is 530 g/mol. The first-order chi connectivity index (χ1) is 19.9. The molecule has 224 valence electrons. The number of aromatic hydroxyl groups is 1. The Bertz CT molecular complexity index is 1610. The highest BCUT2D eigenvalue weighted by molar-refractivity contribution is 5.96. The molecule has 3 heterocycles. The van der Waals surface area contributed by atoms with Gasteiger partial charge < -0.3 is 10.4 Å². The fourth-order valence-corrected chi connectivity index (χ4v) is 6.56. The maximum Gasteiger partial charge on any atom is 0.330 e. The zero-order valence-electron chi connectivity index (χ0n) is 25.5. The molecular formula is C32H43N7O3. The Hall–Kier alpha value is -3.95. The number of phenolic OH excluding ortho intramolecular Hbond substituents is 1. The molecule has 0 bridgehead atoms. The number of carbonyl (C=O) groups excluding carboxylic acids is 1. The van der Waals surface area contributed by atoms with Gasteiger partial charge in [-0.1, -0.05) is 46.8 Å². The monoisotopic (exact) mass is 573 g/mol. The molecule has 3 atom stereocenters. The average molecular weight is 574 g/mol. The molecule has 1 saturated carbocycles. The van der Waals surface area contributed by atoms with Crippen molar-refractivity contribution in [1.29, 1.82) is 0 Å². The molecule has 1 fully saturated rings. The van der Waals surface area contributed by atoms with Gasteiger partial charge in [0.25, 0.3) is 5.91 Å². The van der Waals surface area contributed by atoms with Crippen molar-refractivity contribution in [2.24, 2.45) is 23.8 Å². The zero-order valence-corrected chi connectivity index (χ0v) is 25.5. The van der Waals surface area contributed by atoms with Crippen molar-refractivity contribution in [3.8, 4) is 5.75 Å². The van der Waals surface area contributed by atoms with Crippen LogP contribution in [0.1, 0.15) is 88.3 Å². The van der Waals surface area contributed by atoms with Crippen molar-refractivity contribution < 1.29 is 9.90 Å². The second-order valence-corrected chi connectivity index (χ2v) is 13.6. The number of aryl methyl sites for hydroxylation is 1. The summed E-state index contributed by atoms with van der Waals surface area (Å²) < 4.78 is 5.43. The fourth-order valence-electron chi connectivity index (χ4n) is 6.56. The Morgan fingerprint density at radius 1 is 1.19 bits per heavy atom. The van der Waals surface area contributed by atoms with Crippen LogP contribution in [0.5, 0.6) is 5.75 Å². The van der Waals surface area contributed by atoms with Gasteiger partial charge >= 0.3 is 5.69 Å². The number of benzene rings is 1. The number of imidazole rings is 1.